The van der Waals surface area contributed by atoms with Crippen molar-refractivity contribution in [2.24, 2.45) is 11.5 Å². The molecule has 1 amide bonds. The molecule has 0 radical (unpaired) electrons. The van der Waals surface area contributed by atoms with Crippen molar-refractivity contribution >= 4 is 5.91 Å². The molecule has 0 aliphatic rings. The van der Waals surface area contributed by atoms with Crippen LogP contribution in [0, 0.1) is 11.8 Å². The van der Waals surface area contributed by atoms with E-state index < -0.39 is 5.91 Å². The fraction of sp³-hybridized carbons (Fsp3) is 0.200. The lowest BCUT2D eigenvalue weighted by atomic mass is 10.3. The molecular weight excluding hydrogens is 178 g/mol. The second kappa shape index (κ2) is 5.00. The summed E-state index contributed by atoms with van der Waals surface area (Å²) in [6, 6.07) is 4.96. The fourth-order valence-electron chi connectivity index (χ4n) is 0.867. The first-order valence-electron chi connectivity index (χ1n) is 4.20. The minimum Gasteiger partial charge on any atom is -0.364 e. The second-order valence-corrected chi connectivity index (χ2v) is 2.61. The lowest BCUT2D eigenvalue weighted by Crippen LogP contribution is -2.13. The van der Waals surface area contributed by atoms with Gasteiger partial charge in [0.1, 0.15) is 11.4 Å². The predicted molar refractivity (Wildman–Crippen MR) is 53.3 cm³/mol. The molecule has 1 aromatic rings. The van der Waals surface area contributed by atoms with Crippen LogP contribution in [0.2, 0.25) is 0 Å². The van der Waals surface area contributed by atoms with Crippen molar-refractivity contribution in [1.82, 2.24) is 4.98 Å². The third kappa shape index (κ3) is 2.88. The number of rotatable bonds is 2. The van der Waals surface area contributed by atoms with Gasteiger partial charge >= 0.3 is 0 Å². The van der Waals surface area contributed by atoms with Crippen LogP contribution < -0.4 is 11.5 Å². The number of amides is 1. The molecular formula is C10H11N3O. The molecule has 0 unspecified atom stereocenters. The van der Waals surface area contributed by atoms with E-state index in [2.05, 4.69) is 16.8 Å². The molecule has 0 aromatic carbocycles. The monoisotopic (exact) mass is 189 g/mol. The molecule has 4 N–H and O–H groups in total. The molecule has 4 heteroatoms. The predicted octanol–water partition coefficient (Wildman–Crippen LogP) is -0.119. The van der Waals surface area contributed by atoms with Gasteiger partial charge in [-0.1, -0.05) is 12.0 Å². The highest BCUT2D eigenvalue weighted by Gasteiger charge is 2.00. The van der Waals surface area contributed by atoms with Gasteiger partial charge in [0.05, 0.1) is 0 Å². The summed E-state index contributed by atoms with van der Waals surface area (Å²) >= 11 is 0. The van der Waals surface area contributed by atoms with Gasteiger partial charge in [0.2, 0.25) is 0 Å². The maximum absolute atomic E-state index is 10.8. The molecule has 1 heterocycles. The molecule has 0 saturated heterocycles. The van der Waals surface area contributed by atoms with Crippen molar-refractivity contribution in [3.8, 4) is 11.8 Å². The van der Waals surface area contributed by atoms with E-state index >= 15 is 0 Å². The van der Waals surface area contributed by atoms with Crippen LogP contribution in [-0.4, -0.2) is 17.4 Å². The van der Waals surface area contributed by atoms with Gasteiger partial charge in [-0.3, -0.25) is 4.79 Å². The van der Waals surface area contributed by atoms with E-state index in [1.54, 1.807) is 18.2 Å². The lowest BCUT2D eigenvalue weighted by molar-refractivity contribution is 0.0995. The molecule has 0 aliphatic carbocycles. The molecule has 0 aliphatic heterocycles. The Bertz CT molecular complexity index is 390. The molecule has 0 spiro atoms. The van der Waals surface area contributed by atoms with Crippen LogP contribution in [0.15, 0.2) is 18.2 Å². The SMILES string of the molecule is NCCC#Cc1cccc(C(N)=O)n1. The topological polar surface area (TPSA) is 82.0 Å². The van der Waals surface area contributed by atoms with E-state index in [4.69, 9.17) is 11.5 Å². The van der Waals surface area contributed by atoms with Crippen LogP contribution in [0.3, 0.4) is 0 Å². The molecule has 14 heavy (non-hydrogen) atoms. The molecule has 0 atom stereocenters. The van der Waals surface area contributed by atoms with Crippen LogP contribution in [-0.2, 0) is 0 Å². The van der Waals surface area contributed by atoms with E-state index in [1.165, 1.54) is 0 Å². The first-order valence-corrected chi connectivity index (χ1v) is 4.20. The summed E-state index contributed by atoms with van der Waals surface area (Å²) in [5.74, 6) is 5.07. The quantitative estimate of drug-likeness (QED) is 0.636. The molecule has 0 fully saturated rings. The van der Waals surface area contributed by atoms with Crippen LogP contribution in [0.1, 0.15) is 22.6 Å². The Kier molecular flexibility index (Phi) is 3.65. The van der Waals surface area contributed by atoms with Gasteiger partial charge in [-0.25, -0.2) is 4.98 Å². The van der Waals surface area contributed by atoms with Crippen LogP contribution in [0.25, 0.3) is 0 Å². The number of pyridine rings is 1. The minimum absolute atomic E-state index is 0.226. The zero-order valence-corrected chi connectivity index (χ0v) is 7.66. The molecule has 1 rings (SSSR count). The number of hydrogen-bond acceptors (Lipinski definition) is 3. The first kappa shape index (κ1) is 10.2. The van der Waals surface area contributed by atoms with Gasteiger partial charge in [-0.15, -0.1) is 0 Å². The zero-order valence-electron chi connectivity index (χ0n) is 7.66. The van der Waals surface area contributed by atoms with Crippen LogP contribution in [0.4, 0.5) is 0 Å². The maximum Gasteiger partial charge on any atom is 0.267 e. The largest absolute Gasteiger partial charge is 0.364 e. The summed E-state index contributed by atoms with van der Waals surface area (Å²) in [6.07, 6.45) is 0.614. The molecule has 1 aromatic heterocycles. The number of carbonyl (C=O) groups is 1. The normalized spacial score (nSPS) is 8.93. The van der Waals surface area contributed by atoms with E-state index in [1.807, 2.05) is 0 Å². The van der Waals surface area contributed by atoms with E-state index in [0.29, 0.717) is 18.7 Å². The number of aromatic nitrogens is 1. The average molecular weight is 189 g/mol. The molecule has 72 valence electrons. The summed E-state index contributed by atoms with van der Waals surface area (Å²) < 4.78 is 0. The minimum atomic E-state index is -0.549. The Labute approximate surface area is 82.3 Å². The first-order chi connectivity index (χ1) is 6.74. The van der Waals surface area contributed by atoms with Gasteiger partial charge in [0, 0.05) is 13.0 Å². The summed E-state index contributed by atoms with van der Waals surface area (Å²) in [6.45, 7) is 0.516. The van der Waals surface area contributed by atoms with E-state index in [0.717, 1.165) is 0 Å². The lowest BCUT2D eigenvalue weighted by Gasteiger charge is -1.94. The van der Waals surface area contributed by atoms with Gasteiger partial charge in [0.15, 0.2) is 0 Å². The van der Waals surface area contributed by atoms with Crippen LogP contribution >= 0.6 is 0 Å². The number of carbonyl (C=O) groups excluding carboxylic acids is 1. The summed E-state index contributed by atoms with van der Waals surface area (Å²) in [4.78, 5) is 14.7. The smallest absolute Gasteiger partial charge is 0.267 e. The Morgan fingerprint density at radius 1 is 1.50 bits per heavy atom. The third-order valence-corrected chi connectivity index (χ3v) is 1.49. The number of nitrogens with zero attached hydrogens (tertiary/aromatic N) is 1. The highest BCUT2D eigenvalue weighted by Crippen LogP contribution is 1.96. The summed E-state index contributed by atoms with van der Waals surface area (Å²) in [5, 5.41) is 0. The Hall–Kier alpha value is -1.86. The number of hydrogen-bond donors (Lipinski definition) is 2. The highest BCUT2D eigenvalue weighted by molar-refractivity contribution is 5.90. The maximum atomic E-state index is 10.8. The summed E-state index contributed by atoms with van der Waals surface area (Å²) in [5.41, 5.74) is 11.1. The highest BCUT2D eigenvalue weighted by atomic mass is 16.1. The van der Waals surface area contributed by atoms with Crippen molar-refractivity contribution in [1.29, 1.82) is 0 Å². The van der Waals surface area contributed by atoms with Gasteiger partial charge in [-0.2, -0.15) is 0 Å². The van der Waals surface area contributed by atoms with Crippen LogP contribution in [0.5, 0.6) is 0 Å². The Morgan fingerprint density at radius 3 is 2.93 bits per heavy atom. The van der Waals surface area contributed by atoms with Crippen molar-refractivity contribution < 1.29 is 4.79 Å². The Balaban J connectivity index is 2.85. The molecule has 4 nitrogen and oxygen atoms in total. The average Bonchev–Trinajstić information content (AvgIpc) is 2.19. The number of nitrogens with two attached hydrogens (primary N) is 2. The second-order valence-electron chi connectivity index (χ2n) is 2.61. The van der Waals surface area contributed by atoms with Gasteiger partial charge in [-0.05, 0) is 18.1 Å². The van der Waals surface area contributed by atoms with Crippen molar-refractivity contribution in [3.63, 3.8) is 0 Å². The zero-order chi connectivity index (χ0) is 10.4. The van der Waals surface area contributed by atoms with Gasteiger partial charge < -0.3 is 11.5 Å². The fourth-order valence-corrected chi connectivity index (χ4v) is 0.867. The standard InChI is InChI=1S/C10H11N3O/c11-7-2-1-4-8-5-3-6-9(13-8)10(12)14/h3,5-6H,2,7,11H2,(H2,12,14). The van der Waals surface area contributed by atoms with Crippen molar-refractivity contribution in [2.75, 3.05) is 6.54 Å². The van der Waals surface area contributed by atoms with Crippen molar-refractivity contribution in [3.05, 3.63) is 29.6 Å². The molecule has 0 saturated carbocycles. The number of primary amides is 1. The summed E-state index contributed by atoms with van der Waals surface area (Å²) in [7, 11) is 0. The molecule has 0 bridgehead atoms. The van der Waals surface area contributed by atoms with Gasteiger partial charge in [0.25, 0.3) is 5.91 Å². The third-order valence-electron chi connectivity index (χ3n) is 1.49. The van der Waals surface area contributed by atoms with E-state index in [9.17, 15) is 4.79 Å². The Morgan fingerprint density at radius 2 is 2.29 bits per heavy atom. The van der Waals surface area contributed by atoms with E-state index in [-0.39, 0.29) is 5.69 Å². The van der Waals surface area contributed by atoms with Crippen molar-refractivity contribution in [2.45, 2.75) is 6.42 Å².